The van der Waals surface area contributed by atoms with E-state index in [2.05, 4.69) is 0 Å². The monoisotopic (exact) mass is 276 g/mol. The van der Waals surface area contributed by atoms with Gasteiger partial charge in [-0.15, -0.1) is 0 Å². The maximum absolute atomic E-state index is 13.0. The van der Waals surface area contributed by atoms with Crippen LogP contribution in [0.15, 0.2) is 47.6 Å². The number of hydrogen-bond donors (Lipinski definition) is 2. The summed E-state index contributed by atoms with van der Waals surface area (Å²) in [4.78, 5) is 22.9. The van der Waals surface area contributed by atoms with Crippen molar-refractivity contribution in [2.75, 3.05) is 0 Å². The number of carbonyl (C=O) groups is 2. The molecule has 0 saturated heterocycles. The second-order valence-corrected chi connectivity index (χ2v) is 4.82. The minimum absolute atomic E-state index is 0.0247. The summed E-state index contributed by atoms with van der Waals surface area (Å²) in [6.07, 6.45) is 2.79. The summed E-state index contributed by atoms with van der Waals surface area (Å²) in [5.74, 6) is -2.78. The largest absolute Gasteiger partial charge is 0.480 e. The lowest BCUT2D eigenvalue weighted by Gasteiger charge is -2.30. The predicted octanol–water partition coefficient (Wildman–Crippen LogP) is 2.51. The molecule has 0 radical (unpaired) electrons. The Morgan fingerprint density at radius 1 is 1.20 bits per heavy atom. The van der Waals surface area contributed by atoms with Gasteiger partial charge in [-0.25, -0.2) is 9.18 Å². The van der Waals surface area contributed by atoms with Crippen LogP contribution in [0.4, 0.5) is 4.39 Å². The summed E-state index contributed by atoms with van der Waals surface area (Å²) >= 11 is 0. The number of carboxylic acid groups (broad SMARTS) is 2. The highest BCUT2D eigenvalue weighted by molar-refractivity contribution is 5.93. The van der Waals surface area contributed by atoms with E-state index in [-0.39, 0.29) is 12.0 Å². The lowest BCUT2D eigenvalue weighted by molar-refractivity contribution is -0.142. The lowest BCUT2D eigenvalue weighted by Crippen LogP contribution is -2.37. The molecule has 0 aromatic heterocycles. The summed E-state index contributed by atoms with van der Waals surface area (Å²) < 4.78 is 13.0. The first kappa shape index (κ1) is 14.0. The van der Waals surface area contributed by atoms with Gasteiger partial charge in [-0.2, -0.15) is 0 Å². The van der Waals surface area contributed by atoms with Crippen LogP contribution in [0.5, 0.6) is 0 Å². The Labute approximate surface area is 114 Å². The van der Waals surface area contributed by atoms with Crippen LogP contribution in [0.25, 0.3) is 0 Å². The zero-order valence-electron chi connectivity index (χ0n) is 10.8. The average Bonchev–Trinajstić information content (AvgIpc) is 2.38. The highest BCUT2D eigenvalue weighted by Crippen LogP contribution is 2.38. The van der Waals surface area contributed by atoms with Crippen molar-refractivity contribution in [2.45, 2.75) is 18.8 Å². The van der Waals surface area contributed by atoms with Gasteiger partial charge in [0.05, 0.1) is 0 Å². The van der Waals surface area contributed by atoms with Crippen LogP contribution < -0.4 is 0 Å². The molecule has 0 spiro atoms. The number of rotatable bonds is 3. The van der Waals surface area contributed by atoms with Crippen LogP contribution >= 0.6 is 0 Å². The average molecular weight is 276 g/mol. The highest BCUT2D eigenvalue weighted by atomic mass is 19.1. The van der Waals surface area contributed by atoms with Gasteiger partial charge in [-0.1, -0.05) is 23.8 Å². The summed E-state index contributed by atoms with van der Waals surface area (Å²) in [5, 5.41) is 18.7. The van der Waals surface area contributed by atoms with Crippen LogP contribution in [0.2, 0.25) is 0 Å². The molecule has 104 valence electrons. The minimum Gasteiger partial charge on any atom is -0.480 e. The number of halogens is 1. The molecule has 0 fully saturated rings. The van der Waals surface area contributed by atoms with Crippen molar-refractivity contribution in [3.05, 3.63) is 58.9 Å². The SMILES string of the molecule is CC1=CC(C(=O)O)(c2ccc(F)cc2)CC(C(=O)O)=C1. The van der Waals surface area contributed by atoms with Crippen molar-refractivity contribution in [3.63, 3.8) is 0 Å². The Kier molecular flexibility index (Phi) is 3.44. The molecule has 0 saturated carbocycles. The predicted molar refractivity (Wildman–Crippen MR) is 69.8 cm³/mol. The first-order valence-electron chi connectivity index (χ1n) is 5.98. The molecule has 1 aromatic carbocycles. The molecule has 5 heteroatoms. The molecule has 20 heavy (non-hydrogen) atoms. The first-order valence-corrected chi connectivity index (χ1v) is 5.98. The van der Waals surface area contributed by atoms with Gasteiger partial charge in [-0.3, -0.25) is 4.79 Å². The van der Waals surface area contributed by atoms with Gasteiger partial charge >= 0.3 is 11.9 Å². The molecule has 1 aromatic rings. The molecular weight excluding hydrogens is 263 g/mol. The molecule has 1 atom stereocenters. The molecule has 0 aliphatic heterocycles. The second kappa shape index (κ2) is 4.92. The van der Waals surface area contributed by atoms with Crippen LogP contribution in [0.1, 0.15) is 18.9 Å². The quantitative estimate of drug-likeness (QED) is 0.889. The Morgan fingerprint density at radius 2 is 1.80 bits per heavy atom. The van der Waals surface area contributed by atoms with E-state index < -0.39 is 23.2 Å². The smallest absolute Gasteiger partial charge is 0.331 e. The fourth-order valence-corrected chi connectivity index (χ4v) is 2.44. The lowest BCUT2D eigenvalue weighted by atomic mass is 9.71. The van der Waals surface area contributed by atoms with E-state index >= 15 is 0 Å². The van der Waals surface area contributed by atoms with Crippen LogP contribution in [0.3, 0.4) is 0 Å². The van der Waals surface area contributed by atoms with Gasteiger partial charge in [0, 0.05) is 12.0 Å². The van der Waals surface area contributed by atoms with E-state index in [1.165, 1.54) is 36.4 Å². The molecule has 1 aliphatic carbocycles. The Bertz CT molecular complexity index is 628. The molecule has 2 N–H and O–H groups in total. The number of hydrogen-bond acceptors (Lipinski definition) is 2. The normalized spacial score (nSPS) is 21.9. The summed E-state index contributed by atoms with van der Waals surface area (Å²) in [7, 11) is 0. The molecule has 1 unspecified atom stereocenters. The van der Waals surface area contributed by atoms with E-state index in [9.17, 15) is 19.1 Å². The second-order valence-electron chi connectivity index (χ2n) is 4.82. The molecule has 0 heterocycles. The summed E-state index contributed by atoms with van der Waals surface area (Å²) in [6, 6.07) is 5.08. The van der Waals surface area contributed by atoms with Gasteiger partial charge in [0.25, 0.3) is 0 Å². The van der Waals surface area contributed by atoms with E-state index in [1.54, 1.807) is 6.92 Å². The van der Waals surface area contributed by atoms with E-state index in [0.29, 0.717) is 11.1 Å². The maximum atomic E-state index is 13.0. The van der Waals surface area contributed by atoms with Gasteiger partial charge in [0.2, 0.25) is 0 Å². The number of carboxylic acids is 2. The zero-order valence-corrected chi connectivity index (χ0v) is 10.8. The fraction of sp³-hybridized carbons (Fsp3) is 0.200. The van der Waals surface area contributed by atoms with Crippen molar-refractivity contribution < 1.29 is 24.2 Å². The Balaban J connectivity index is 2.58. The number of aliphatic carboxylic acids is 2. The van der Waals surface area contributed by atoms with Crippen molar-refractivity contribution >= 4 is 11.9 Å². The van der Waals surface area contributed by atoms with Gasteiger partial charge in [0.1, 0.15) is 11.2 Å². The third-order valence-electron chi connectivity index (χ3n) is 3.36. The van der Waals surface area contributed by atoms with E-state index in [0.717, 1.165) is 0 Å². The van der Waals surface area contributed by atoms with Crippen molar-refractivity contribution in [2.24, 2.45) is 0 Å². The third kappa shape index (κ3) is 2.34. The molecular formula is C15H13FO4. The fourth-order valence-electron chi connectivity index (χ4n) is 2.44. The number of benzene rings is 1. The van der Waals surface area contributed by atoms with Crippen LogP contribution in [-0.2, 0) is 15.0 Å². The van der Waals surface area contributed by atoms with Crippen molar-refractivity contribution in [1.82, 2.24) is 0 Å². The third-order valence-corrected chi connectivity index (χ3v) is 3.36. The molecule has 1 aliphatic rings. The standard InChI is InChI=1S/C15H13FO4/c1-9-6-10(13(17)18)8-15(7-9,14(19)20)11-2-4-12(16)5-3-11/h2-7H,8H2,1H3,(H,17,18)(H,19,20). The molecule has 0 bridgehead atoms. The highest BCUT2D eigenvalue weighted by Gasteiger charge is 2.42. The minimum atomic E-state index is -1.47. The Hall–Kier alpha value is -2.43. The van der Waals surface area contributed by atoms with Crippen molar-refractivity contribution in [1.29, 1.82) is 0 Å². The van der Waals surface area contributed by atoms with Crippen molar-refractivity contribution in [3.8, 4) is 0 Å². The summed E-state index contributed by atoms with van der Waals surface area (Å²) in [6.45, 7) is 1.64. The Morgan fingerprint density at radius 3 is 2.30 bits per heavy atom. The summed E-state index contributed by atoms with van der Waals surface area (Å²) in [5.41, 5.74) is -0.532. The first-order chi connectivity index (χ1) is 9.35. The van der Waals surface area contributed by atoms with Gasteiger partial charge < -0.3 is 10.2 Å². The van der Waals surface area contributed by atoms with Gasteiger partial charge in [-0.05, 0) is 30.7 Å². The van der Waals surface area contributed by atoms with Crippen LogP contribution in [0, 0.1) is 5.82 Å². The maximum Gasteiger partial charge on any atom is 0.331 e. The van der Waals surface area contributed by atoms with E-state index in [1.807, 2.05) is 0 Å². The van der Waals surface area contributed by atoms with Gasteiger partial charge in [0.15, 0.2) is 0 Å². The zero-order chi connectivity index (χ0) is 14.9. The van der Waals surface area contributed by atoms with Crippen LogP contribution in [-0.4, -0.2) is 22.2 Å². The molecule has 4 nitrogen and oxygen atoms in total. The molecule has 0 amide bonds. The number of allylic oxidation sites excluding steroid dienone is 2. The topological polar surface area (TPSA) is 74.6 Å². The molecule has 2 rings (SSSR count). The van der Waals surface area contributed by atoms with E-state index in [4.69, 9.17) is 5.11 Å².